The zero-order chi connectivity index (χ0) is 13.8. The maximum atomic E-state index is 11.9. The number of carbonyl (C=O) groups excluding carboxylic acids is 1. The Morgan fingerprint density at radius 3 is 2.72 bits per heavy atom. The van der Waals surface area contributed by atoms with E-state index in [0.717, 1.165) is 12.2 Å². The quantitative estimate of drug-likeness (QED) is 0.826. The van der Waals surface area contributed by atoms with Crippen LogP contribution in [0.3, 0.4) is 0 Å². The summed E-state index contributed by atoms with van der Waals surface area (Å²) in [6.45, 7) is 7.19. The van der Waals surface area contributed by atoms with E-state index in [1.165, 1.54) is 0 Å². The van der Waals surface area contributed by atoms with Crippen LogP contribution in [0.15, 0.2) is 12.4 Å². The van der Waals surface area contributed by atoms with Gasteiger partial charge in [0, 0.05) is 25.0 Å². The topological polar surface area (TPSA) is 50.2 Å². The molecule has 1 aromatic heterocycles. The number of imidazole rings is 1. The minimum Gasteiger partial charge on any atom is -0.350 e. The molecule has 0 fully saturated rings. The minimum absolute atomic E-state index is 0.0542. The molecule has 0 saturated carbocycles. The number of nitrogens with zero attached hydrogens (tertiary/aromatic N) is 3. The molecule has 0 atom stereocenters. The van der Waals surface area contributed by atoms with Crippen molar-refractivity contribution in [2.24, 2.45) is 7.05 Å². The lowest BCUT2D eigenvalue weighted by molar-refractivity contribution is -0.123. The van der Waals surface area contributed by atoms with Gasteiger partial charge in [0.05, 0.1) is 13.1 Å². The van der Waals surface area contributed by atoms with Gasteiger partial charge in [-0.2, -0.15) is 0 Å². The Kier molecular flexibility index (Phi) is 4.90. The van der Waals surface area contributed by atoms with Gasteiger partial charge in [-0.1, -0.05) is 6.92 Å². The Labute approximate surface area is 109 Å². The average Bonchev–Trinajstić information content (AvgIpc) is 2.63. The van der Waals surface area contributed by atoms with Gasteiger partial charge in [-0.3, -0.25) is 9.69 Å². The number of nitrogens with one attached hydrogen (secondary N) is 1. The first-order valence-corrected chi connectivity index (χ1v) is 6.30. The van der Waals surface area contributed by atoms with E-state index in [2.05, 4.69) is 17.2 Å². The van der Waals surface area contributed by atoms with E-state index in [4.69, 9.17) is 0 Å². The number of hydrogen-bond acceptors (Lipinski definition) is 3. The molecule has 0 saturated heterocycles. The van der Waals surface area contributed by atoms with Crippen molar-refractivity contribution in [1.82, 2.24) is 19.8 Å². The Morgan fingerprint density at radius 1 is 1.56 bits per heavy atom. The first-order valence-electron chi connectivity index (χ1n) is 6.30. The smallest absolute Gasteiger partial charge is 0.234 e. The summed E-state index contributed by atoms with van der Waals surface area (Å²) in [6, 6.07) is 0. The summed E-state index contributed by atoms with van der Waals surface area (Å²) in [4.78, 5) is 18.1. The molecule has 5 nitrogen and oxygen atoms in total. The van der Waals surface area contributed by atoms with Crippen LogP contribution in [0.4, 0.5) is 0 Å². The van der Waals surface area contributed by atoms with Gasteiger partial charge < -0.3 is 9.88 Å². The summed E-state index contributed by atoms with van der Waals surface area (Å²) in [6.07, 6.45) is 4.59. The average molecular weight is 252 g/mol. The summed E-state index contributed by atoms with van der Waals surface area (Å²) in [5.41, 5.74) is -0.138. The van der Waals surface area contributed by atoms with Gasteiger partial charge in [-0.15, -0.1) is 0 Å². The molecule has 1 amide bonds. The molecule has 102 valence electrons. The lowest BCUT2D eigenvalue weighted by Gasteiger charge is -2.26. The van der Waals surface area contributed by atoms with Crippen molar-refractivity contribution in [3.8, 4) is 0 Å². The minimum atomic E-state index is -0.138. The van der Waals surface area contributed by atoms with Crippen LogP contribution in [0.2, 0.25) is 0 Å². The van der Waals surface area contributed by atoms with E-state index >= 15 is 0 Å². The highest BCUT2D eigenvalue weighted by Crippen LogP contribution is 2.06. The predicted octanol–water partition coefficient (Wildman–Crippen LogP) is 1.16. The maximum Gasteiger partial charge on any atom is 0.234 e. The Balaban J connectivity index is 2.43. The second-order valence-electron chi connectivity index (χ2n) is 5.41. The highest BCUT2D eigenvalue weighted by atomic mass is 16.2. The Bertz CT molecular complexity index is 397. The second kappa shape index (κ2) is 6.00. The van der Waals surface area contributed by atoms with Crippen LogP contribution in [0, 0.1) is 0 Å². The normalized spacial score (nSPS) is 11.9. The molecule has 0 aromatic carbocycles. The van der Waals surface area contributed by atoms with Gasteiger partial charge in [0.15, 0.2) is 0 Å². The molecule has 5 heteroatoms. The van der Waals surface area contributed by atoms with E-state index < -0.39 is 0 Å². The van der Waals surface area contributed by atoms with Crippen molar-refractivity contribution < 1.29 is 4.79 Å². The van der Waals surface area contributed by atoms with Crippen LogP contribution in [-0.4, -0.2) is 39.5 Å². The number of likely N-dealkylation sites (N-methyl/N-ethyl adjacent to an activating group) is 1. The van der Waals surface area contributed by atoms with Crippen LogP contribution in [0.1, 0.15) is 33.0 Å². The summed E-state index contributed by atoms with van der Waals surface area (Å²) in [5.74, 6) is 1.01. The van der Waals surface area contributed by atoms with Crippen molar-refractivity contribution in [2.75, 3.05) is 13.6 Å². The standard InChI is InChI=1S/C13H24N4O/c1-6-13(2,3)15-12(18)10-16(4)9-11-14-7-8-17(11)5/h7-8H,6,9-10H2,1-5H3,(H,15,18). The van der Waals surface area contributed by atoms with Gasteiger partial charge in [-0.05, 0) is 27.3 Å². The summed E-state index contributed by atoms with van der Waals surface area (Å²) in [5, 5.41) is 3.02. The van der Waals surface area contributed by atoms with Crippen molar-refractivity contribution in [1.29, 1.82) is 0 Å². The molecule has 0 aliphatic heterocycles. The largest absolute Gasteiger partial charge is 0.350 e. The molecule has 0 radical (unpaired) electrons. The lowest BCUT2D eigenvalue weighted by atomic mass is 10.0. The molecule has 1 aromatic rings. The van der Waals surface area contributed by atoms with E-state index in [1.54, 1.807) is 6.20 Å². The van der Waals surface area contributed by atoms with E-state index in [9.17, 15) is 4.79 Å². The molecular formula is C13H24N4O. The van der Waals surface area contributed by atoms with E-state index in [-0.39, 0.29) is 11.4 Å². The molecule has 0 spiro atoms. The van der Waals surface area contributed by atoms with Crippen LogP contribution < -0.4 is 5.32 Å². The zero-order valence-corrected chi connectivity index (χ0v) is 12.0. The first-order chi connectivity index (χ1) is 8.34. The third-order valence-corrected chi connectivity index (χ3v) is 3.11. The fourth-order valence-electron chi connectivity index (χ4n) is 1.60. The van der Waals surface area contributed by atoms with Gasteiger partial charge in [0.1, 0.15) is 5.82 Å². The predicted molar refractivity (Wildman–Crippen MR) is 72.1 cm³/mol. The van der Waals surface area contributed by atoms with Crippen molar-refractivity contribution >= 4 is 5.91 Å². The van der Waals surface area contributed by atoms with Gasteiger partial charge in [0.25, 0.3) is 0 Å². The third-order valence-electron chi connectivity index (χ3n) is 3.11. The number of hydrogen-bond donors (Lipinski definition) is 1. The number of carbonyl (C=O) groups is 1. The molecule has 0 bridgehead atoms. The molecule has 0 aliphatic carbocycles. The summed E-state index contributed by atoms with van der Waals surface area (Å²) < 4.78 is 1.96. The molecule has 1 heterocycles. The number of aryl methyl sites for hydroxylation is 1. The van der Waals surface area contributed by atoms with E-state index in [1.807, 2.05) is 43.6 Å². The van der Waals surface area contributed by atoms with Crippen LogP contribution >= 0.6 is 0 Å². The van der Waals surface area contributed by atoms with Crippen LogP contribution in [0.5, 0.6) is 0 Å². The zero-order valence-electron chi connectivity index (χ0n) is 12.0. The summed E-state index contributed by atoms with van der Waals surface area (Å²) >= 11 is 0. The lowest BCUT2D eigenvalue weighted by Crippen LogP contribution is -2.46. The summed E-state index contributed by atoms with van der Waals surface area (Å²) in [7, 11) is 3.88. The van der Waals surface area contributed by atoms with Gasteiger partial charge in [0.2, 0.25) is 5.91 Å². The van der Waals surface area contributed by atoms with Crippen LogP contribution in [-0.2, 0) is 18.4 Å². The van der Waals surface area contributed by atoms with Crippen molar-refractivity contribution in [3.63, 3.8) is 0 Å². The van der Waals surface area contributed by atoms with E-state index in [0.29, 0.717) is 13.1 Å². The highest BCUT2D eigenvalue weighted by molar-refractivity contribution is 5.78. The fraction of sp³-hybridized carbons (Fsp3) is 0.692. The number of rotatable bonds is 6. The third kappa shape index (κ3) is 4.49. The first kappa shape index (κ1) is 14.7. The van der Waals surface area contributed by atoms with Crippen LogP contribution in [0.25, 0.3) is 0 Å². The Morgan fingerprint density at radius 2 is 2.22 bits per heavy atom. The Hall–Kier alpha value is -1.36. The van der Waals surface area contributed by atoms with Gasteiger partial charge >= 0.3 is 0 Å². The maximum absolute atomic E-state index is 11.9. The monoisotopic (exact) mass is 252 g/mol. The highest BCUT2D eigenvalue weighted by Gasteiger charge is 2.18. The molecule has 18 heavy (non-hydrogen) atoms. The molecule has 1 rings (SSSR count). The van der Waals surface area contributed by atoms with Crippen molar-refractivity contribution in [2.45, 2.75) is 39.3 Å². The molecule has 0 unspecified atom stereocenters. The number of amides is 1. The van der Waals surface area contributed by atoms with Crippen molar-refractivity contribution in [3.05, 3.63) is 18.2 Å². The second-order valence-corrected chi connectivity index (χ2v) is 5.41. The molecule has 0 aliphatic rings. The molecule has 1 N–H and O–H groups in total. The fourth-order valence-corrected chi connectivity index (χ4v) is 1.60. The molecular weight excluding hydrogens is 228 g/mol. The SMILES string of the molecule is CCC(C)(C)NC(=O)CN(C)Cc1nccn1C. The number of aromatic nitrogens is 2. The van der Waals surface area contributed by atoms with Gasteiger partial charge in [-0.25, -0.2) is 4.98 Å².